The first-order valence-electron chi connectivity index (χ1n) is 40.3. The molecule has 0 aromatic heterocycles. The summed E-state index contributed by atoms with van der Waals surface area (Å²) in [7, 11) is 0. The summed E-state index contributed by atoms with van der Waals surface area (Å²) in [5.74, 6) is -3.27. The summed E-state index contributed by atoms with van der Waals surface area (Å²) in [4.78, 5) is 70.5. The Bertz CT molecular complexity index is 4440. The first-order valence-corrected chi connectivity index (χ1v) is 40.3. The smallest absolute Gasteiger partial charge is 0.352 e. The largest absolute Gasteiger partial charge is 0.419 e. The molecule has 726 valence electrons. The number of halogens is 31. The number of carbonyl (C=O) groups is 6. The molecular weight excluding hydrogens is 1830 g/mol. The number of amides is 5. The van der Waals surface area contributed by atoms with Gasteiger partial charge in [-0.3, -0.25) is 28.8 Å². The fourth-order valence-electron chi connectivity index (χ4n) is 13.8. The number of Topliss-reactive ketones (excluding diaryl/α,β-unsaturated/α-hetero) is 1. The Morgan fingerprint density at radius 3 is 0.733 bits per heavy atom. The second-order valence-electron chi connectivity index (χ2n) is 31.1. The van der Waals surface area contributed by atoms with Crippen LogP contribution in [0.2, 0.25) is 0 Å². The molecule has 5 amide bonds. The molecule has 5 heterocycles. The van der Waals surface area contributed by atoms with Crippen molar-refractivity contribution < 1.29 is 165 Å². The molecule has 1 saturated carbocycles. The van der Waals surface area contributed by atoms with Crippen LogP contribution in [-0.2, 0) is 130 Å². The van der Waals surface area contributed by atoms with Gasteiger partial charge in [0.05, 0.1) is 85.8 Å². The van der Waals surface area contributed by atoms with Crippen LogP contribution in [0.1, 0.15) is 184 Å². The predicted molar refractivity (Wildman–Crippen MR) is 408 cm³/mol. The van der Waals surface area contributed by atoms with Gasteiger partial charge in [0.2, 0.25) is 29.5 Å². The predicted octanol–water partition coefficient (Wildman–Crippen LogP) is 18.9. The van der Waals surface area contributed by atoms with Gasteiger partial charge >= 0.3 is 61.8 Å². The van der Waals surface area contributed by atoms with Crippen LogP contribution < -0.4 is 53.2 Å². The zero-order chi connectivity index (χ0) is 97.8. The van der Waals surface area contributed by atoms with Crippen LogP contribution in [0, 0.1) is 18.7 Å². The molecule has 47 heteroatoms. The Kier molecular flexibility index (Phi) is 37.6. The van der Waals surface area contributed by atoms with E-state index in [-0.39, 0.29) is 108 Å². The minimum atomic E-state index is -4.90. The van der Waals surface area contributed by atoms with Crippen LogP contribution in [0.4, 0.5) is 136 Å². The van der Waals surface area contributed by atoms with E-state index in [4.69, 9.17) is 0 Å². The van der Waals surface area contributed by atoms with Gasteiger partial charge in [-0.25, -0.2) is 4.39 Å². The average Bonchev–Trinajstić information content (AvgIpc) is 1.69. The number of hydrogen-bond acceptors (Lipinski definition) is 11. The molecule has 5 saturated heterocycles. The van der Waals surface area contributed by atoms with Crippen molar-refractivity contribution in [1.29, 1.82) is 0 Å². The quantitative estimate of drug-likeness (QED) is 0.0344. The Labute approximate surface area is 727 Å². The molecule has 6 aliphatic rings. The van der Waals surface area contributed by atoms with E-state index in [0.717, 1.165) is 88.7 Å². The fraction of sp³-hybridized carbons (Fsp3) is 0.500. The van der Waals surface area contributed by atoms with Crippen LogP contribution in [0.15, 0.2) is 109 Å². The molecule has 2 unspecified atom stereocenters. The number of ketones is 1. The first-order chi connectivity index (χ1) is 60.5. The number of aryl methyl sites for hydroxylation is 2. The minimum Gasteiger partial charge on any atom is -0.352 e. The van der Waals surface area contributed by atoms with E-state index in [1.807, 2.05) is 0 Å². The highest BCUT2D eigenvalue weighted by Gasteiger charge is 2.43. The van der Waals surface area contributed by atoms with E-state index in [0.29, 0.717) is 117 Å². The number of nitrogens with one attached hydrogen (secondary N) is 10. The van der Waals surface area contributed by atoms with Crippen LogP contribution >= 0.6 is 0 Å². The third-order valence-corrected chi connectivity index (χ3v) is 20.8. The molecule has 131 heavy (non-hydrogen) atoms. The van der Waals surface area contributed by atoms with Gasteiger partial charge in [-0.15, -0.1) is 0 Å². The summed E-state index contributed by atoms with van der Waals surface area (Å²) < 4.78 is 394. The monoisotopic (exact) mass is 1920 g/mol. The fourth-order valence-corrected chi connectivity index (χ4v) is 13.8. The van der Waals surface area contributed by atoms with Crippen LogP contribution in [0.3, 0.4) is 0 Å². The van der Waals surface area contributed by atoms with Gasteiger partial charge in [-0.05, 0) is 254 Å². The molecule has 5 aliphatic heterocycles. The highest BCUT2D eigenvalue weighted by molar-refractivity contribution is 5.85. The van der Waals surface area contributed by atoms with Crippen LogP contribution in [-0.4, -0.2) is 98.3 Å². The van der Waals surface area contributed by atoms with E-state index in [1.165, 1.54) is 6.07 Å². The SMILES string of the molecule is Cc1cc(CNC(=O)[C@H]2CCCN2)cc(C(F)(F)F)c1.O=C(CCc1ccc(F)c(C(F)(F)F)c1)[C@@H]1CCCN1.O=C(NCc1cc(C(F)(F)F)cc(C(F)(F)F)c1)C1CCC1.O=C(NCc1cc(C(F)(F)F)cc(C(F)(F)F)c1)C1CCCN1.O=C(NCc1cc(C(F)(F)F)cc(C(F)(F)F)c1)C1CCCN1.O=C(NCc1cc(C(F)(F)F)cc(C(F)(F)F)c1)[C@H]1CCCN1. The van der Waals surface area contributed by atoms with E-state index < -0.39 is 179 Å². The maximum atomic E-state index is 13.1. The molecule has 5 atom stereocenters. The maximum absolute atomic E-state index is 13.1. The molecule has 0 radical (unpaired) electrons. The first kappa shape index (κ1) is 108. The lowest BCUT2D eigenvalue weighted by Gasteiger charge is -2.24. The van der Waals surface area contributed by atoms with Crippen molar-refractivity contribution in [3.63, 3.8) is 0 Å². The van der Waals surface area contributed by atoms with Crippen LogP contribution in [0.5, 0.6) is 0 Å². The zero-order valence-corrected chi connectivity index (χ0v) is 68.7. The third-order valence-electron chi connectivity index (χ3n) is 20.8. The molecule has 16 nitrogen and oxygen atoms in total. The third kappa shape index (κ3) is 35.1. The molecular formula is C84H87F31N10O6. The molecule has 0 spiro atoms. The molecule has 6 aromatic carbocycles. The van der Waals surface area contributed by atoms with E-state index in [1.54, 1.807) is 13.0 Å². The van der Waals surface area contributed by atoms with Crippen molar-refractivity contribution in [3.05, 3.63) is 210 Å². The maximum Gasteiger partial charge on any atom is 0.419 e. The summed E-state index contributed by atoms with van der Waals surface area (Å²) in [5.41, 5.74) is -12.7. The Hall–Kier alpha value is -10.0. The van der Waals surface area contributed by atoms with E-state index in [9.17, 15) is 165 Å². The normalized spacial score (nSPS) is 18.6. The van der Waals surface area contributed by atoms with Gasteiger partial charge in [0.25, 0.3) is 0 Å². The number of hydrogen-bond donors (Lipinski definition) is 10. The number of carbonyl (C=O) groups excluding carboxylic acids is 6. The lowest BCUT2D eigenvalue weighted by molar-refractivity contribution is -0.144. The lowest BCUT2D eigenvalue weighted by atomic mass is 9.85. The molecule has 12 rings (SSSR count). The van der Waals surface area contributed by atoms with E-state index in [2.05, 4.69) is 53.2 Å². The second-order valence-corrected chi connectivity index (χ2v) is 31.1. The molecule has 10 N–H and O–H groups in total. The molecule has 0 bridgehead atoms. The summed E-state index contributed by atoms with van der Waals surface area (Å²) in [6, 6.07) is 10.1. The summed E-state index contributed by atoms with van der Waals surface area (Å²) in [6.07, 6.45) is -38.0. The second kappa shape index (κ2) is 45.6. The van der Waals surface area contributed by atoms with Crippen molar-refractivity contribution in [2.24, 2.45) is 5.92 Å². The molecule has 1 aliphatic carbocycles. The minimum absolute atomic E-state index is 0.000355. The number of alkyl halides is 30. The van der Waals surface area contributed by atoms with Crippen molar-refractivity contribution in [2.75, 3.05) is 32.7 Å². The highest BCUT2D eigenvalue weighted by atomic mass is 19.4. The van der Waals surface area contributed by atoms with Crippen molar-refractivity contribution in [3.8, 4) is 0 Å². The lowest BCUT2D eigenvalue weighted by Crippen LogP contribution is -2.40. The molecule has 6 aromatic rings. The van der Waals surface area contributed by atoms with Crippen molar-refractivity contribution in [1.82, 2.24) is 53.2 Å². The standard InChI is InChI=1S/3C14H14F6N2O.C14H13F6NO.C14H15F4NO.C14H17F3N2O/c3*15-13(16,17)9-4-8(5-10(6-9)14(18,19)20)7-22-12(23)11-2-1-3-21-11;15-13(16,17)10-4-8(5-11(6-10)14(18,19)20)7-21-12(22)9-2-1-3-9;15-11-5-3-9(8-10(11)14(16,17)18)4-6-13(20)12-2-1-7-19-12;1-9-5-10(7-11(6-9)14(15,16)17)8-19-13(20)12-3-2-4-18-12/h3*4-6,11,21H,1-3,7H2,(H,22,23);4-6,9H,1-3,7H2,(H,21,22);3,5,8,12,19H,1-2,4,6-7H2;5-7,12,18H,2-4,8H2,1H3,(H,19,20)/t11-;;;;2*12-/m1...01/s1. The van der Waals surface area contributed by atoms with Crippen LogP contribution in [0.25, 0.3) is 0 Å². The van der Waals surface area contributed by atoms with Gasteiger partial charge in [0.1, 0.15) is 11.6 Å². The van der Waals surface area contributed by atoms with Gasteiger partial charge in [-0.1, -0.05) is 24.1 Å². The topological polar surface area (TPSA) is 223 Å². The zero-order valence-electron chi connectivity index (χ0n) is 68.7. The highest BCUT2D eigenvalue weighted by Crippen LogP contribution is 2.43. The number of rotatable bonds is 19. The van der Waals surface area contributed by atoms with Gasteiger partial charge in [0.15, 0.2) is 0 Å². The van der Waals surface area contributed by atoms with Crippen molar-refractivity contribution >= 4 is 35.3 Å². The average molecular weight is 1920 g/mol. The summed E-state index contributed by atoms with van der Waals surface area (Å²) >= 11 is 0. The summed E-state index contributed by atoms with van der Waals surface area (Å²) in [6.45, 7) is 3.73. The Balaban J connectivity index is 0.000000215. The molecule has 6 fully saturated rings. The van der Waals surface area contributed by atoms with Gasteiger partial charge < -0.3 is 53.2 Å². The van der Waals surface area contributed by atoms with Crippen molar-refractivity contribution in [2.45, 2.75) is 228 Å². The van der Waals surface area contributed by atoms with Gasteiger partial charge in [-0.2, -0.15) is 132 Å². The summed E-state index contributed by atoms with van der Waals surface area (Å²) in [5, 5.41) is 26.9. The van der Waals surface area contributed by atoms with E-state index >= 15 is 0 Å². The number of benzene rings is 6. The van der Waals surface area contributed by atoms with Gasteiger partial charge in [0, 0.05) is 45.1 Å². The Morgan fingerprint density at radius 2 is 0.511 bits per heavy atom. The Morgan fingerprint density at radius 1 is 0.275 bits per heavy atom.